The van der Waals surface area contributed by atoms with E-state index in [0.29, 0.717) is 12.0 Å². The molecule has 4 heteroatoms. The molecule has 2 rings (SSSR count). The van der Waals surface area contributed by atoms with E-state index in [0.717, 1.165) is 39.1 Å². The van der Waals surface area contributed by atoms with Crippen molar-refractivity contribution in [2.45, 2.75) is 44.7 Å². The van der Waals surface area contributed by atoms with Gasteiger partial charge in [-0.05, 0) is 45.7 Å². The highest BCUT2D eigenvalue weighted by Gasteiger charge is 2.47. The minimum absolute atomic E-state index is 0.305. The van der Waals surface area contributed by atoms with Crippen molar-refractivity contribution < 1.29 is 0 Å². The van der Waals surface area contributed by atoms with Crippen molar-refractivity contribution >= 4 is 0 Å². The van der Waals surface area contributed by atoms with Crippen LogP contribution in [0, 0.1) is 17.2 Å². The fourth-order valence-electron chi connectivity index (χ4n) is 3.15. The van der Waals surface area contributed by atoms with Crippen LogP contribution in [0.1, 0.15) is 33.1 Å². The average Bonchev–Trinajstić information content (AvgIpc) is 3.22. The Morgan fingerprint density at radius 1 is 1.37 bits per heavy atom. The van der Waals surface area contributed by atoms with Crippen LogP contribution in [0.25, 0.3) is 0 Å². The molecule has 1 saturated heterocycles. The summed E-state index contributed by atoms with van der Waals surface area (Å²) < 4.78 is 0. The number of piperazine rings is 1. The molecule has 1 saturated carbocycles. The van der Waals surface area contributed by atoms with Gasteiger partial charge < -0.3 is 4.90 Å². The zero-order valence-electron chi connectivity index (χ0n) is 12.7. The van der Waals surface area contributed by atoms with Gasteiger partial charge in [0.2, 0.25) is 0 Å². The van der Waals surface area contributed by atoms with Crippen molar-refractivity contribution in [1.82, 2.24) is 15.1 Å². The standard InChI is InChI=1S/C15H28N4/c1-4-7-17-15(11-16,14-5-6-14)12-19-9-8-18(3)10-13(19)2/h13-14,17H,4-10,12H2,1-3H3. The van der Waals surface area contributed by atoms with Gasteiger partial charge in [0.05, 0.1) is 6.07 Å². The van der Waals surface area contributed by atoms with Crippen LogP contribution in [0.3, 0.4) is 0 Å². The Bertz CT molecular complexity index is 334. The third kappa shape index (κ3) is 3.47. The summed E-state index contributed by atoms with van der Waals surface area (Å²) in [5, 5.41) is 13.3. The second-order valence-electron chi connectivity index (χ2n) is 6.37. The molecule has 0 aromatic carbocycles. The van der Waals surface area contributed by atoms with Crippen molar-refractivity contribution in [2.24, 2.45) is 5.92 Å². The zero-order valence-corrected chi connectivity index (χ0v) is 12.7. The molecule has 0 aromatic heterocycles. The first-order chi connectivity index (χ1) is 9.11. The molecule has 1 aliphatic carbocycles. The summed E-state index contributed by atoms with van der Waals surface area (Å²) in [5.41, 5.74) is -0.305. The molecule has 4 nitrogen and oxygen atoms in total. The van der Waals surface area contributed by atoms with Gasteiger partial charge in [-0.3, -0.25) is 10.2 Å². The number of nitrogens with zero attached hydrogens (tertiary/aromatic N) is 3. The normalized spacial score (nSPS) is 28.8. The van der Waals surface area contributed by atoms with E-state index in [2.05, 4.69) is 42.1 Å². The lowest BCUT2D eigenvalue weighted by Gasteiger charge is -2.42. The van der Waals surface area contributed by atoms with Crippen LogP contribution >= 0.6 is 0 Å². The molecule has 0 radical (unpaired) electrons. The minimum Gasteiger partial charge on any atom is -0.304 e. The molecule has 1 heterocycles. The molecular weight excluding hydrogens is 236 g/mol. The van der Waals surface area contributed by atoms with Crippen LogP contribution in [0.4, 0.5) is 0 Å². The molecule has 2 fully saturated rings. The van der Waals surface area contributed by atoms with Gasteiger partial charge in [-0.1, -0.05) is 6.92 Å². The molecule has 0 aromatic rings. The molecule has 2 unspecified atom stereocenters. The molecule has 0 spiro atoms. The maximum Gasteiger partial charge on any atom is 0.122 e. The van der Waals surface area contributed by atoms with Gasteiger partial charge in [0.15, 0.2) is 0 Å². The molecule has 0 amide bonds. The number of nitriles is 1. The van der Waals surface area contributed by atoms with Gasteiger partial charge >= 0.3 is 0 Å². The Hall–Kier alpha value is -0.630. The third-order valence-electron chi connectivity index (χ3n) is 4.58. The van der Waals surface area contributed by atoms with Crippen molar-refractivity contribution in [2.75, 3.05) is 39.8 Å². The Morgan fingerprint density at radius 3 is 2.63 bits per heavy atom. The van der Waals surface area contributed by atoms with Crippen LogP contribution in [0.5, 0.6) is 0 Å². The van der Waals surface area contributed by atoms with Crippen LogP contribution in [0.15, 0.2) is 0 Å². The molecule has 19 heavy (non-hydrogen) atoms. The number of likely N-dealkylation sites (N-methyl/N-ethyl adjacent to an activating group) is 1. The minimum atomic E-state index is -0.305. The van der Waals surface area contributed by atoms with Crippen LogP contribution in [-0.2, 0) is 0 Å². The average molecular weight is 264 g/mol. The Kier molecular flexibility index (Phi) is 4.83. The topological polar surface area (TPSA) is 42.3 Å². The summed E-state index contributed by atoms with van der Waals surface area (Å²) in [6.07, 6.45) is 3.52. The van der Waals surface area contributed by atoms with Crippen LogP contribution in [0.2, 0.25) is 0 Å². The van der Waals surface area contributed by atoms with Crippen molar-refractivity contribution in [3.8, 4) is 6.07 Å². The predicted octanol–water partition coefficient (Wildman–Crippen LogP) is 1.29. The molecule has 108 valence electrons. The Morgan fingerprint density at radius 2 is 2.11 bits per heavy atom. The maximum absolute atomic E-state index is 9.73. The van der Waals surface area contributed by atoms with E-state index in [4.69, 9.17) is 0 Å². The molecular formula is C15H28N4. The van der Waals surface area contributed by atoms with E-state index in [9.17, 15) is 5.26 Å². The number of nitrogens with one attached hydrogen (secondary N) is 1. The van der Waals surface area contributed by atoms with Gasteiger partial charge in [-0.2, -0.15) is 5.26 Å². The number of rotatable bonds is 6. The zero-order chi connectivity index (χ0) is 13.9. The van der Waals surface area contributed by atoms with E-state index in [1.165, 1.54) is 12.8 Å². The lowest BCUT2D eigenvalue weighted by molar-refractivity contribution is 0.0756. The van der Waals surface area contributed by atoms with Crippen LogP contribution in [-0.4, -0.2) is 61.2 Å². The second-order valence-corrected chi connectivity index (χ2v) is 6.37. The van der Waals surface area contributed by atoms with Gasteiger partial charge in [-0.25, -0.2) is 0 Å². The first kappa shape index (κ1) is 14.8. The highest BCUT2D eigenvalue weighted by Crippen LogP contribution is 2.40. The van der Waals surface area contributed by atoms with E-state index >= 15 is 0 Å². The van der Waals surface area contributed by atoms with Gasteiger partial charge in [0.25, 0.3) is 0 Å². The summed E-state index contributed by atoms with van der Waals surface area (Å²) >= 11 is 0. The molecule has 1 N–H and O–H groups in total. The molecule has 2 atom stereocenters. The summed E-state index contributed by atoms with van der Waals surface area (Å²) in [7, 11) is 2.18. The first-order valence-corrected chi connectivity index (χ1v) is 7.70. The van der Waals surface area contributed by atoms with Crippen molar-refractivity contribution in [1.29, 1.82) is 5.26 Å². The second kappa shape index (κ2) is 6.21. The predicted molar refractivity (Wildman–Crippen MR) is 77.9 cm³/mol. The highest BCUT2D eigenvalue weighted by molar-refractivity contribution is 5.17. The van der Waals surface area contributed by atoms with Gasteiger partial charge in [-0.15, -0.1) is 0 Å². The summed E-state index contributed by atoms with van der Waals surface area (Å²) in [5.74, 6) is 0.566. The quantitative estimate of drug-likeness (QED) is 0.785. The lowest BCUT2D eigenvalue weighted by atomic mass is 9.92. The molecule has 1 aliphatic heterocycles. The van der Waals surface area contributed by atoms with Crippen molar-refractivity contribution in [3.63, 3.8) is 0 Å². The molecule has 2 aliphatic rings. The fraction of sp³-hybridized carbons (Fsp3) is 0.933. The monoisotopic (exact) mass is 264 g/mol. The van der Waals surface area contributed by atoms with Crippen molar-refractivity contribution in [3.05, 3.63) is 0 Å². The van der Waals surface area contributed by atoms with Crippen LogP contribution < -0.4 is 5.32 Å². The van der Waals surface area contributed by atoms with Gasteiger partial charge in [0, 0.05) is 32.2 Å². The number of hydrogen-bond donors (Lipinski definition) is 1. The molecule has 0 bridgehead atoms. The fourth-order valence-corrected chi connectivity index (χ4v) is 3.15. The Balaban J connectivity index is 2.01. The number of hydrogen-bond acceptors (Lipinski definition) is 4. The first-order valence-electron chi connectivity index (χ1n) is 7.70. The van der Waals surface area contributed by atoms with E-state index in [1.54, 1.807) is 0 Å². The van der Waals surface area contributed by atoms with E-state index in [-0.39, 0.29) is 5.54 Å². The smallest absolute Gasteiger partial charge is 0.122 e. The van der Waals surface area contributed by atoms with E-state index < -0.39 is 0 Å². The maximum atomic E-state index is 9.73. The summed E-state index contributed by atoms with van der Waals surface area (Å²) in [6, 6.07) is 3.17. The summed E-state index contributed by atoms with van der Waals surface area (Å²) in [4.78, 5) is 4.88. The third-order valence-corrected chi connectivity index (χ3v) is 4.58. The highest BCUT2D eigenvalue weighted by atomic mass is 15.3. The van der Waals surface area contributed by atoms with E-state index in [1.807, 2.05) is 0 Å². The Labute approximate surface area is 117 Å². The lowest BCUT2D eigenvalue weighted by Crippen LogP contribution is -2.60. The SMILES string of the molecule is CCCNC(C#N)(CN1CCN(C)CC1C)C1CC1. The van der Waals surface area contributed by atoms with Gasteiger partial charge in [0.1, 0.15) is 5.54 Å². The largest absolute Gasteiger partial charge is 0.304 e. The summed E-state index contributed by atoms with van der Waals surface area (Å²) in [6.45, 7) is 9.60.